The Balaban J connectivity index is 2.39. The molecule has 18 heavy (non-hydrogen) atoms. The molecule has 98 valence electrons. The van der Waals surface area contributed by atoms with E-state index in [2.05, 4.69) is 22.2 Å². The average Bonchev–Trinajstić information content (AvgIpc) is 2.36. The van der Waals surface area contributed by atoms with E-state index in [0.717, 1.165) is 24.0 Å². The molecule has 0 aliphatic heterocycles. The van der Waals surface area contributed by atoms with E-state index in [9.17, 15) is 4.79 Å². The Kier molecular flexibility index (Phi) is 5.91. The Morgan fingerprint density at radius 3 is 2.94 bits per heavy atom. The predicted molar refractivity (Wildman–Crippen MR) is 73.2 cm³/mol. The van der Waals surface area contributed by atoms with Gasteiger partial charge >= 0.3 is 6.03 Å². The summed E-state index contributed by atoms with van der Waals surface area (Å²) in [5.74, 6) is 0. The summed E-state index contributed by atoms with van der Waals surface area (Å²) >= 11 is 0. The van der Waals surface area contributed by atoms with E-state index in [-0.39, 0.29) is 12.1 Å². The maximum Gasteiger partial charge on any atom is 0.315 e. The average molecular weight is 247 g/mol. The fourth-order valence-electron chi connectivity index (χ4n) is 1.66. The van der Waals surface area contributed by atoms with E-state index in [4.69, 9.17) is 0 Å². The van der Waals surface area contributed by atoms with E-state index in [1.807, 2.05) is 26.0 Å². The predicted octanol–water partition coefficient (Wildman–Crippen LogP) is 2.54. The quantitative estimate of drug-likeness (QED) is 0.759. The first-order valence-corrected chi connectivity index (χ1v) is 6.21. The van der Waals surface area contributed by atoms with Gasteiger partial charge in [0.1, 0.15) is 0 Å². The Morgan fingerprint density at radius 2 is 2.33 bits per heavy atom. The highest BCUT2D eigenvalue weighted by Crippen LogP contribution is 2.01. The lowest BCUT2D eigenvalue weighted by Gasteiger charge is -2.15. The number of aromatic nitrogens is 1. The van der Waals surface area contributed by atoms with Crippen LogP contribution in [0.5, 0.6) is 0 Å². The van der Waals surface area contributed by atoms with E-state index in [1.165, 1.54) is 0 Å². The van der Waals surface area contributed by atoms with Gasteiger partial charge in [-0.1, -0.05) is 19.1 Å². The van der Waals surface area contributed by atoms with Crippen molar-refractivity contribution in [1.29, 1.82) is 0 Å². The summed E-state index contributed by atoms with van der Waals surface area (Å²) < 4.78 is 0. The second kappa shape index (κ2) is 7.48. The summed E-state index contributed by atoms with van der Waals surface area (Å²) in [6, 6.07) is 2.01. The third-order valence-corrected chi connectivity index (χ3v) is 2.66. The van der Waals surface area contributed by atoms with Crippen LogP contribution in [-0.2, 0) is 6.54 Å². The van der Waals surface area contributed by atoms with Crippen LogP contribution in [0.4, 0.5) is 4.79 Å². The zero-order valence-electron chi connectivity index (χ0n) is 11.1. The standard InChI is InChI=1S/C14H21N3O/c1-4-6-13(5-2)17-14(18)16-10-12-7-11(3)8-15-9-12/h4,7-9,13H,1,5-6,10H2,2-3H3,(H2,16,17,18)/t13-/m0/s1. The van der Waals surface area contributed by atoms with Crippen molar-refractivity contribution in [2.45, 2.75) is 39.3 Å². The fraction of sp³-hybridized carbons (Fsp3) is 0.429. The van der Waals surface area contributed by atoms with E-state index in [1.54, 1.807) is 12.4 Å². The molecule has 0 bridgehead atoms. The lowest BCUT2D eigenvalue weighted by molar-refractivity contribution is 0.236. The molecule has 0 fully saturated rings. The molecule has 1 atom stereocenters. The van der Waals surface area contributed by atoms with Crippen molar-refractivity contribution in [2.24, 2.45) is 0 Å². The molecule has 2 amide bonds. The number of carbonyl (C=O) groups excluding carboxylic acids is 1. The molecular weight excluding hydrogens is 226 g/mol. The number of hydrogen-bond acceptors (Lipinski definition) is 2. The molecule has 1 heterocycles. The second-order valence-electron chi connectivity index (χ2n) is 4.33. The summed E-state index contributed by atoms with van der Waals surface area (Å²) in [4.78, 5) is 15.8. The first-order chi connectivity index (χ1) is 8.65. The maximum absolute atomic E-state index is 11.7. The largest absolute Gasteiger partial charge is 0.335 e. The lowest BCUT2D eigenvalue weighted by Crippen LogP contribution is -2.41. The second-order valence-corrected chi connectivity index (χ2v) is 4.33. The van der Waals surface area contributed by atoms with Gasteiger partial charge in [0.25, 0.3) is 0 Å². The number of rotatable bonds is 6. The molecule has 1 aromatic heterocycles. The van der Waals surface area contributed by atoms with Crippen LogP contribution in [0.3, 0.4) is 0 Å². The van der Waals surface area contributed by atoms with Crippen LogP contribution in [0.2, 0.25) is 0 Å². The zero-order valence-corrected chi connectivity index (χ0v) is 11.1. The molecule has 0 spiro atoms. The SMILES string of the molecule is C=CC[C@H](CC)NC(=O)NCc1cncc(C)c1. The van der Waals surface area contributed by atoms with Gasteiger partial charge in [-0.2, -0.15) is 0 Å². The third-order valence-electron chi connectivity index (χ3n) is 2.66. The topological polar surface area (TPSA) is 54.0 Å². The van der Waals surface area contributed by atoms with Crippen LogP contribution < -0.4 is 10.6 Å². The highest BCUT2D eigenvalue weighted by atomic mass is 16.2. The Labute approximate surface area is 109 Å². The fourth-order valence-corrected chi connectivity index (χ4v) is 1.66. The van der Waals surface area contributed by atoms with Gasteiger partial charge in [-0.25, -0.2) is 4.79 Å². The van der Waals surface area contributed by atoms with Crippen LogP contribution in [0.15, 0.2) is 31.1 Å². The number of nitrogens with zero attached hydrogens (tertiary/aromatic N) is 1. The molecule has 0 radical (unpaired) electrons. The van der Waals surface area contributed by atoms with Gasteiger partial charge in [0, 0.05) is 25.0 Å². The third kappa shape index (κ3) is 4.99. The van der Waals surface area contributed by atoms with Crippen LogP contribution >= 0.6 is 0 Å². The molecule has 2 N–H and O–H groups in total. The van der Waals surface area contributed by atoms with Gasteiger partial charge in [-0.3, -0.25) is 4.98 Å². The lowest BCUT2D eigenvalue weighted by atomic mass is 10.1. The summed E-state index contributed by atoms with van der Waals surface area (Å²) in [5, 5.41) is 5.74. The molecule has 0 saturated carbocycles. The van der Waals surface area contributed by atoms with Crippen molar-refractivity contribution < 1.29 is 4.79 Å². The monoisotopic (exact) mass is 247 g/mol. The molecular formula is C14H21N3O. The number of nitrogens with one attached hydrogen (secondary N) is 2. The van der Waals surface area contributed by atoms with Gasteiger partial charge in [0.05, 0.1) is 0 Å². The van der Waals surface area contributed by atoms with Gasteiger partial charge < -0.3 is 10.6 Å². The highest BCUT2D eigenvalue weighted by Gasteiger charge is 2.08. The number of carbonyl (C=O) groups is 1. The highest BCUT2D eigenvalue weighted by molar-refractivity contribution is 5.74. The molecule has 0 aliphatic carbocycles. The summed E-state index contributed by atoms with van der Waals surface area (Å²) in [7, 11) is 0. The number of hydrogen-bond donors (Lipinski definition) is 2. The van der Waals surface area contributed by atoms with Gasteiger partial charge in [0.15, 0.2) is 0 Å². The molecule has 0 aliphatic rings. The number of aryl methyl sites for hydroxylation is 1. The van der Waals surface area contributed by atoms with Crippen LogP contribution in [-0.4, -0.2) is 17.1 Å². The Bertz CT molecular complexity index is 404. The molecule has 4 heteroatoms. The number of pyridine rings is 1. The van der Waals surface area contributed by atoms with E-state index < -0.39 is 0 Å². The van der Waals surface area contributed by atoms with Crippen LogP contribution in [0, 0.1) is 6.92 Å². The molecule has 1 rings (SSSR count). The van der Waals surface area contributed by atoms with Gasteiger partial charge in [-0.15, -0.1) is 6.58 Å². The van der Waals surface area contributed by atoms with Crippen LogP contribution in [0.1, 0.15) is 30.9 Å². The minimum Gasteiger partial charge on any atom is -0.335 e. The van der Waals surface area contributed by atoms with E-state index >= 15 is 0 Å². The summed E-state index contributed by atoms with van der Waals surface area (Å²) in [6.45, 7) is 8.19. The molecule has 0 saturated heterocycles. The molecule has 0 unspecified atom stereocenters. The summed E-state index contributed by atoms with van der Waals surface area (Å²) in [6.07, 6.45) is 7.05. The van der Waals surface area contributed by atoms with Crippen molar-refractivity contribution in [1.82, 2.24) is 15.6 Å². The minimum atomic E-state index is -0.148. The van der Waals surface area contributed by atoms with Crippen molar-refractivity contribution in [2.75, 3.05) is 0 Å². The van der Waals surface area contributed by atoms with Gasteiger partial charge in [0.2, 0.25) is 0 Å². The minimum absolute atomic E-state index is 0.148. The normalized spacial score (nSPS) is 11.7. The first kappa shape index (κ1) is 14.2. The maximum atomic E-state index is 11.7. The first-order valence-electron chi connectivity index (χ1n) is 6.21. The van der Waals surface area contributed by atoms with Crippen molar-refractivity contribution in [3.05, 3.63) is 42.2 Å². The number of urea groups is 1. The van der Waals surface area contributed by atoms with E-state index in [0.29, 0.717) is 6.54 Å². The van der Waals surface area contributed by atoms with Crippen molar-refractivity contribution >= 4 is 6.03 Å². The van der Waals surface area contributed by atoms with Crippen LogP contribution in [0.25, 0.3) is 0 Å². The van der Waals surface area contributed by atoms with Crippen molar-refractivity contribution in [3.63, 3.8) is 0 Å². The molecule has 0 aromatic carbocycles. The smallest absolute Gasteiger partial charge is 0.315 e. The zero-order chi connectivity index (χ0) is 13.4. The van der Waals surface area contributed by atoms with Gasteiger partial charge in [-0.05, 0) is 30.9 Å². The van der Waals surface area contributed by atoms with Crippen molar-refractivity contribution in [3.8, 4) is 0 Å². The molecule has 4 nitrogen and oxygen atoms in total. The molecule has 1 aromatic rings. The number of amides is 2. The summed E-state index contributed by atoms with van der Waals surface area (Å²) in [5.41, 5.74) is 2.09. The Hall–Kier alpha value is -1.84. The Morgan fingerprint density at radius 1 is 1.56 bits per heavy atom.